The molecular formula is C20H23N5O4S. The van der Waals surface area contributed by atoms with Gasteiger partial charge in [0, 0.05) is 6.54 Å². The summed E-state index contributed by atoms with van der Waals surface area (Å²) in [5.41, 5.74) is 1.62. The van der Waals surface area contributed by atoms with Crippen LogP contribution in [0.4, 0.5) is 0 Å². The molecule has 3 aromatic rings. The van der Waals surface area contributed by atoms with Gasteiger partial charge in [0.05, 0.1) is 32.6 Å². The summed E-state index contributed by atoms with van der Waals surface area (Å²) in [6, 6.07) is 12.9. The summed E-state index contributed by atoms with van der Waals surface area (Å²) in [4.78, 5) is 12.2. The molecule has 0 unspecified atom stereocenters. The number of nitrogens with one attached hydrogen (secondary N) is 1. The van der Waals surface area contributed by atoms with Gasteiger partial charge in [-0.25, -0.2) is 4.68 Å². The number of thioether (sulfide) groups is 1. The van der Waals surface area contributed by atoms with Gasteiger partial charge in [-0.1, -0.05) is 30.0 Å². The second-order valence-electron chi connectivity index (χ2n) is 6.13. The summed E-state index contributed by atoms with van der Waals surface area (Å²) in [5.74, 6) is 8.46. The first kappa shape index (κ1) is 21.3. The average Bonchev–Trinajstić information content (AvgIpc) is 3.15. The van der Waals surface area contributed by atoms with Crippen LogP contribution in [0.1, 0.15) is 5.56 Å². The molecule has 0 fully saturated rings. The molecule has 1 aromatic heterocycles. The minimum absolute atomic E-state index is 0.147. The molecule has 0 spiro atoms. The fraction of sp³-hybridized carbons (Fsp3) is 0.250. The third kappa shape index (κ3) is 4.77. The summed E-state index contributed by atoms with van der Waals surface area (Å²) < 4.78 is 17.2. The fourth-order valence-corrected chi connectivity index (χ4v) is 3.45. The van der Waals surface area contributed by atoms with Crippen LogP contribution in [-0.2, 0) is 11.3 Å². The Morgan fingerprint density at radius 1 is 1.03 bits per heavy atom. The van der Waals surface area contributed by atoms with Crippen molar-refractivity contribution in [3.8, 4) is 28.6 Å². The minimum atomic E-state index is -0.156. The number of carbonyl (C=O) groups excluding carboxylic acids is 1. The van der Waals surface area contributed by atoms with Gasteiger partial charge in [-0.05, 0) is 29.8 Å². The molecule has 0 saturated carbocycles. The Labute approximate surface area is 178 Å². The number of nitrogens with zero attached hydrogens (tertiary/aromatic N) is 3. The second-order valence-corrected chi connectivity index (χ2v) is 7.07. The van der Waals surface area contributed by atoms with Crippen molar-refractivity contribution >= 4 is 17.7 Å². The number of nitrogens with two attached hydrogens (primary N) is 1. The molecule has 10 heteroatoms. The van der Waals surface area contributed by atoms with Crippen LogP contribution >= 0.6 is 11.8 Å². The highest BCUT2D eigenvalue weighted by atomic mass is 32.2. The molecule has 3 N–H and O–H groups in total. The van der Waals surface area contributed by atoms with Gasteiger partial charge in [-0.2, -0.15) is 0 Å². The van der Waals surface area contributed by atoms with E-state index in [1.807, 2.05) is 36.4 Å². The second kappa shape index (κ2) is 9.88. The number of methoxy groups -OCH3 is 3. The summed E-state index contributed by atoms with van der Waals surface area (Å²) in [6.45, 7) is 0.363. The highest BCUT2D eigenvalue weighted by Gasteiger charge is 2.16. The van der Waals surface area contributed by atoms with E-state index >= 15 is 0 Å². The summed E-state index contributed by atoms with van der Waals surface area (Å²) in [5, 5.41) is 11.5. The lowest BCUT2D eigenvalue weighted by Gasteiger charge is -2.10. The van der Waals surface area contributed by atoms with E-state index in [1.165, 1.54) is 16.4 Å². The molecular weight excluding hydrogens is 406 g/mol. The average molecular weight is 430 g/mol. The number of ether oxygens (including phenoxy) is 3. The quantitative estimate of drug-likeness (QED) is 0.393. The van der Waals surface area contributed by atoms with Gasteiger partial charge >= 0.3 is 0 Å². The maximum absolute atomic E-state index is 12.2. The minimum Gasteiger partial charge on any atom is -0.496 e. The Kier molecular flexibility index (Phi) is 7.02. The molecule has 0 aliphatic heterocycles. The molecule has 3 rings (SSSR count). The zero-order chi connectivity index (χ0) is 21.5. The standard InChI is InChI=1S/C20H23N5O4S/c1-27-15-7-5-4-6-14(15)19-23-24-20(25(19)21)30-12-18(26)22-11-13-8-9-16(28-2)17(10-13)29-3/h4-10H,11-12,21H2,1-3H3,(H,22,26). The van der Waals surface area contributed by atoms with Crippen LogP contribution in [0.3, 0.4) is 0 Å². The predicted molar refractivity (Wildman–Crippen MR) is 114 cm³/mol. The smallest absolute Gasteiger partial charge is 0.230 e. The number of hydrogen-bond donors (Lipinski definition) is 2. The van der Waals surface area contributed by atoms with Crippen molar-refractivity contribution in [2.75, 3.05) is 32.9 Å². The molecule has 0 aliphatic carbocycles. The van der Waals surface area contributed by atoms with Crippen molar-refractivity contribution in [3.63, 3.8) is 0 Å². The van der Waals surface area contributed by atoms with Gasteiger partial charge in [0.1, 0.15) is 5.75 Å². The Morgan fingerprint density at radius 3 is 2.50 bits per heavy atom. The Bertz CT molecular complexity index is 1020. The molecule has 0 aliphatic rings. The Morgan fingerprint density at radius 2 is 1.77 bits per heavy atom. The van der Waals surface area contributed by atoms with Gasteiger partial charge in [0.15, 0.2) is 17.3 Å². The summed E-state index contributed by atoms with van der Waals surface area (Å²) in [7, 11) is 4.72. The number of rotatable bonds is 9. The molecule has 0 bridgehead atoms. The van der Waals surface area contributed by atoms with Crippen molar-refractivity contribution in [3.05, 3.63) is 48.0 Å². The highest BCUT2D eigenvalue weighted by Crippen LogP contribution is 2.29. The molecule has 158 valence electrons. The summed E-state index contributed by atoms with van der Waals surface area (Å²) >= 11 is 1.20. The third-order valence-electron chi connectivity index (χ3n) is 4.28. The number of amides is 1. The van der Waals surface area contributed by atoms with Crippen molar-refractivity contribution in [2.45, 2.75) is 11.7 Å². The third-order valence-corrected chi connectivity index (χ3v) is 5.23. The molecule has 1 heterocycles. The lowest BCUT2D eigenvalue weighted by Crippen LogP contribution is -2.25. The molecule has 30 heavy (non-hydrogen) atoms. The highest BCUT2D eigenvalue weighted by molar-refractivity contribution is 7.99. The Balaban J connectivity index is 1.59. The van der Waals surface area contributed by atoms with Crippen molar-refractivity contribution < 1.29 is 19.0 Å². The van der Waals surface area contributed by atoms with Crippen molar-refractivity contribution in [1.29, 1.82) is 0 Å². The number of benzene rings is 2. The molecule has 1 amide bonds. The number of para-hydroxylation sites is 1. The van der Waals surface area contributed by atoms with E-state index in [0.29, 0.717) is 34.8 Å². The first-order valence-electron chi connectivity index (χ1n) is 9.01. The Hall–Kier alpha value is -3.40. The molecule has 9 nitrogen and oxygen atoms in total. The van der Waals surface area contributed by atoms with E-state index in [2.05, 4.69) is 15.5 Å². The SMILES string of the molecule is COc1ccc(CNC(=O)CSc2nnc(-c3ccccc3OC)n2N)cc1OC. The number of carbonyl (C=O) groups is 1. The van der Waals surface area contributed by atoms with Crippen LogP contribution in [0, 0.1) is 0 Å². The molecule has 0 radical (unpaired) electrons. The van der Waals surface area contributed by atoms with Crippen LogP contribution in [0.2, 0.25) is 0 Å². The first-order chi connectivity index (χ1) is 14.6. The number of nitrogen functional groups attached to an aromatic ring is 1. The monoisotopic (exact) mass is 429 g/mol. The number of hydrogen-bond acceptors (Lipinski definition) is 8. The van der Waals surface area contributed by atoms with Gasteiger partial charge in [0.25, 0.3) is 0 Å². The van der Waals surface area contributed by atoms with E-state index in [0.717, 1.165) is 11.1 Å². The van der Waals surface area contributed by atoms with E-state index in [4.69, 9.17) is 20.1 Å². The molecule has 2 aromatic carbocycles. The van der Waals surface area contributed by atoms with E-state index in [-0.39, 0.29) is 11.7 Å². The van der Waals surface area contributed by atoms with E-state index < -0.39 is 0 Å². The van der Waals surface area contributed by atoms with Gasteiger partial charge in [-0.3, -0.25) is 4.79 Å². The van der Waals surface area contributed by atoms with Crippen LogP contribution in [-0.4, -0.2) is 47.9 Å². The number of aromatic nitrogens is 3. The van der Waals surface area contributed by atoms with E-state index in [1.54, 1.807) is 27.4 Å². The maximum atomic E-state index is 12.2. The van der Waals surface area contributed by atoms with Crippen LogP contribution in [0.25, 0.3) is 11.4 Å². The molecule has 0 saturated heterocycles. The van der Waals surface area contributed by atoms with E-state index in [9.17, 15) is 4.79 Å². The maximum Gasteiger partial charge on any atom is 0.230 e. The fourth-order valence-electron chi connectivity index (χ4n) is 2.76. The van der Waals surface area contributed by atoms with Crippen LogP contribution in [0.15, 0.2) is 47.6 Å². The first-order valence-corrected chi connectivity index (χ1v) is 10.00. The summed E-state index contributed by atoms with van der Waals surface area (Å²) in [6.07, 6.45) is 0. The lowest BCUT2D eigenvalue weighted by molar-refractivity contribution is -0.118. The molecule has 0 atom stereocenters. The van der Waals surface area contributed by atoms with Gasteiger partial charge in [-0.15, -0.1) is 10.2 Å². The van der Waals surface area contributed by atoms with Crippen LogP contribution < -0.4 is 25.4 Å². The van der Waals surface area contributed by atoms with Crippen molar-refractivity contribution in [2.24, 2.45) is 0 Å². The van der Waals surface area contributed by atoms with Gasteiger partial charge < -0.3 is 25.4 Å². The lowest BCUT2D eigenvalue weighted by atomic mass is 10.2. The van der Waals surface area contributed by atoms with Crippen LogP contribution in [0.5, 0.6) is 17.2 Å². The largest absolute Gasteiger partial charge is 0.496 e. The van der Waals surface area contributed by atoms with Gasteiger partial charge in [0.2, 0.25) is 11.1 Å². The normalized spacial score (nSPS) is 10.5. The topological polar surface area (TPSA) is 114 Å². The zero-order valence-electron chi connectivity index (χ0n) is 16.9. The zero-order valence-corrected chi connectivity index (χ0v) is 17.7. The predicted octanol–water partition coefficient (Wildman–Crippen LogP) is 2.09. The van der Waals surface area contributed by atoms with Crippen molar-refractivity contribution in [1.82, 2.24) is 20.2 Å².